The Balaban J connectivity index is 1.55. The number of hydrogen-bond donors (Lipinski definition) is 1. The lowest BCUT2D eigenvalue weighted by Crippen LogP contribution is -2.38. The van der Waals surface area contributed by atoms with E-state index in [1.807, 2.05) is 0 Å². The van der Waals surface area contributed by atoms with Crippen molar-refractivity contribution in [1.82, 2.24) is 9.97 Å². The molecule has 1 fully saturated rings. The van der Waals surface area contributed by atoms with Crippen LogP contribution in [-0.4, -0.2) is 53.1 Å². The zero-order valence-electron chi connectivity index (χ0n) is 17.3. The van der Waals surface area contributed by atoms with Crippen LogP contribution in [0.15, 0.2) is 24.5 Å². The van der Waals surface area contributed by atoms with Gasteiger partial charge in [-0.05, 0) is 19.1 Å². The first-order valence-corrected chi connectivity index (χ1v) is 10.0. The summed E-state index contributed by atoms with van der Waals surface area (Å²) in [6.07, 6.45) is -3.04. The number of nitrogens with one attached hydrogen (secondary N) is 1. The van der Waals surface area contributed by atoms with Crippen molar-refractivity contribution in [3.63, 3.8) is 0 Å². The Hall–Kier alpha value is -3.97. The number of nitro groups is 1. The number of carbonyl (C=O) groups excluding carboxylic acids is 1. The number of anilines is 3. The number of piperidine rings is 1. The highest BCUT2D eigenvalue weighted by molar-refractivity contribution is 5.78. The summed E-state index contributed by atoms with van der Waals surface area (Å²) in [5.74, 6) is -0.677. The van der Waals surface area contributed by atoms with E-state index in [0.29, 0.717) is 25.9 Å². The second-order valence-corrected chi connectivity index (χ2v) is 7.06. The fraction of sp³-hybridized carbons (Fsp3) is 0.421. The van der Waals surface area contributed by atoms with Gasteiger partial charge in [0.15, 0.2) is 11.5 Å². The molecule has 3 heterocycles. The van der Waals surface area contributed by atoms with Crippen molar-refractivity contribution >= 4 is 29.2 Å². The van der Waals surface area contributed by atoms with Crippen LogP contribution in [0.1, 0.15) is 19.8 Å². The molecular formula is C19H19F2N5O7. The molecular weight excluding hydrogens is 448 g/mol. The van der Waals surface area contributed by atoms with Crippen LogP contribution >= 0.6 is 0 Å². The average Bonchev–Trinajstić information content (AvgIpc) is 3.09. The number of carbonyl (C=O) groups is 1. The van der Waals surface area contributed by atoms with Crippen molar-refractivity contribution in [1.29, 1.82) is 0 Å². The number of halogens is 2. The number of nitrogens with zero attached hydrogens (tertiary/aromatic N) is 4. The van der Waals surface area contributed by atoms with Crippen molar-refractivity contribution in [3.05, 3.63) is 34.6 Å². The number of hydrogen-bond acceptors (Lipinski definition) is 11. The number of ether oxygens (including phenoxy) is 4. The van der Waals surface area contributed by atoms with E-state index >= 15 is 0 Å². The van der Waals surface area contributed by atoms with Crippen LogP contribution < -0.4 is 19.7 Å². The van der Waals surface area contributed by atoms with E-state index in [1.54, 1.807) is 11.8 Å². The van der Waals surface area contributed by atoms with E-state index in [9.17, 15) is 23.7 Å². The van der Waals surface area contributed by atoms with Crippen molar-refractivity contribution < 1.29 is 37.4 Å². The van der Waals surface area contributed by atoms with Crippen molar-refractivity contribution in [3.8, 4) is 11.5 Å². The van der Waals surface area contributed by atoms with Crippen LogP contribution in [0.4, 0.5) is 36.6 Å². The Labute approximate surface area is 185 Å². The molecule has 1 N–H and O–H groups in total. The second-order valence-electron chi connectivity index (χ2n) is 7.06. The molecule has 0 radical (unpaired) electrons. The van der Waals surface area contributed by atoms with Gasteiger partial charge in [-0.3, -0.25) is 10.1 Å². The van der Waals surface area contributed by atoms with Crippen molar-refractivity contribution in [2.75, 3.05) is 29.9 Å². The number of para-hydroxylation sites is 1. The molecule has 1 aromatic heterocycles. The van der Waals surface area contributed by atoms with Gasteiger partial charge in [-0.1, -0.05) is 6.07 Å². The summed E-state index contributed by atoms with van der Waals surface area (Å²) in [4.78, 5) is 32.4. The van der Waals surface area contributed by atoms with Gasteiger partial charge in [0.2, 0.25) is 11.6 Å². The maximum absolute atomic E-state index is 13.5. The SMILES string of the molecule is CCOC(=O)OC1CCN(c2ncnc(Nc3cccc4c3OC(F)(F)O4)c2[N+](=O)[O-])CC1. The molecule has 1 saturated heterocycles. The highest BCUT2D eigenvalue weighted by Crippen LogP contribution is 2.47. The van der Waals surface area contributed by atoms with Gasteiger partial charge in [-0.15, -0.1) is 8.78 Å². The Morgan fingerprint density at radius 1 is 1.33 bits per heavy atom. The number of aromatic nitrogens is 2. The molecule has 1 aromatic carbocycles. The van der Waals surface area contributed by atoms with E-state index < -0.39 is 23.1 Å². The maximum atomic E-state index is 13.5. The second kappa shape index (κ2) is 8.88. The molecule has 4 rings (SSSR count). The van der Waals surface area contributed by atoms with Gasteiger partial charge < -0.3 is 29.2 Å². The lowest BCUT2D eigenvalue weighted by Gasteiger charge is -2.31. The average molecular weight is 467 g/mol. The van der Waals surface area contributed by atoms with Gasteiger partial charge in [0, 0.05) is 25.9 Å². The molecule has 0 atom stereocenters. The fourth-order valence-electron chi connectivity index (χ4n) is 3.53. The molecule has 12 nitrogen and oxygen atoms in total. The summed E-state index contributed by atoms with van der Waals surface area (Å²) in [5.41, 5.74) is -0.426. The third kappa shape index (κ3) is 4.78. The standard InChI is InChI=1S/C19H19F2N5O7/c1-2-30-18(27)31-11-6-8-25(9-7-11)17-14(26(28)29)16(22-10-23-17)24-12-4-3-5-13-15(12)33-19(20,21)32-13/h3-5,10-11H,2,6-9H2,1H3,(H,22,23,24). The minimum absolute atomic E-state index is 0.0129. The van der Waals surface area contributed by atoms with Crippen LogP contribution in [0.2, 0.25) is 0 Å². The normalized spacial score (nSPS) is 16.9. The molecule has 0 spiro atoms. The first kappa shape index (κ1) is 22.2. The number of fused-ring (bicyclic) bond motifs is 1. The molecule has 2 aliphatic heterocycles. The Kier molecular flexibility index (Phi) is 5.98. The van der Waals surface area contributed by atoms with E-state index in [0.717, 1.165) is 6.33 Å². The zero-order valence-corrected chi connectivity index (χ0v) is 17.3. The van der Waals surface area contributed by atoms with E-state index in [4.69, 9.17) is 9.47 Å². The summed E-state index contributed by atoms with van der Waals surface area (Å²) in [6, 6.07) is 4.10. The van der Waals surface area contributed by atoms with Crippen LogP contribution in [-0.2, 0) is 9.47 Å². The van der Waals surface area contributed by atoms with Gasteiger partial charge in [0.25, 0.3) is 0 Å². The largest absolute Gasteiger partial charge is 0.586 e. The highest BCUT2D eigenvalue weighted by Gasteiger charge is 2.45. The fourth-order valence-corrected chi connectivity index (χ4v) is 3.53. The molecule has 176 valence electrons. The summed E-state index contributed by atoms with van der Waals surface area (Å²) in [6.45, 7) is 2.51. The van der Waals surface area contributed by atoms with Gasteiger partial charge in [-0.25, -0.2) is 14.8 Å². The molecule has 0 bridgehead atoms. The summed E-state index contributed by atoms with van der Waals surface area (Å²) in [5, 5.41) is 14.6. The third-order valence-corrected chi connectivity index (χ3v) is 4.93. The van der Waals surface area contributed by atoms with Gasteiger partial charge in [0.05, 0.1) is 17.2 Å². The quantitative estimate of drug-likeness (QED) is 0.379. The van der Waals surface area contributed by atoms with E-state index in [-0.39, 0.29) is 41.5 Å². The molecule has 0 aliphatic carbocycles. The smallest absolute Gasteiger partial charge is 0.435 e. The summed E-state index contributed by atoms with van der Waals surface area (Å²) >= 11 is 0. The monoisotopic (exact) mass is 467 g/mol. The van der Waals surface area contributed by atoms with Crippen LogP contribution in [0.25, 0.3) is 0 Å². The van der Waals surface area contributed by atoms with Crippen molar-refractivity contribution in [2.24, 2.45) is 0 Å². The first-order chi connectivity index (χ1) is 15.8. The van der Waals surface area contributed by atoms with Crippen LogP contribution in [0.5, 0.6) is 11.5 Å². The van der Waals surface area contributed by atoms with Gasteiger partial charge in [0.1, 0.15) is 12.4 Å². The lowest BCUT2D eigenvalue weighted by atomic mass is 10.1. The molecule has 33 heavy (non-hydrogen) atoms. The molecule has 0 unspecified atom stereocenters. The summed E-state index contributed by atoms with van der Waals surface area (Å²) < 4.78 is 45.8. The molecule has 2 aromatic rings. The predicted octanol–water partition coefficient (Wildman–Crippen LogP) is 3.59. The minimum Gasteiger partial charge on any atom is -0.435 e. The molecule has 2 aliphatic rings. The topological polar surface area (TPSA) is 138 Å². The predicted molar refractivity (Wildman–Crippen MR) is 108 cm³/mol. The Bertz CT molecular complexity index is 1060. The Morgan fingerprint density at radius 2 is 2.09 bits per heavy atom. The minimum atomic E-state index is -3.85. The molecule has 0 amide bonds. The first-order valence-electron chi connectivity index (χ1n) is 10.0. The molecule has 14 heteroatoms. The summed E-state index contributed by atoms with van der Waals surface area (Å²) in [7, 11) is 0. The van der Waals surface area contributed by atoms with Gasteiger partial charge in [-0.2, -0.15) is 0 Å². The zero-order chi connectivity index (χ0) is 23.6. The third-order valence-electron chi connectivity index (χ3n) is 4.93. The van der Waals surface area contributed by atoms with E-state index in [2.05, 4.69) is 24.8 Å². The van der Waals surface area contributed by atoms with Gasteiger partial charge >= 0.3 is 18.1 Å². The van der Waals surface area contributed by atoms with Crippen LogP contribution in [0, 0.1) is 10.1 Å². The number of benzene rings is 1. The van der Waals surface area contributed by atoms with Crippen molar-refractivity contribution in [2.45, 2.75) is 32.2 Å². The highest BCUT2D eigenvalue weighted by atomic mass is 19.3. The number of rotatable bonds is 6. The van der Waals surface area contributed by atoms with E-state index in [1.165, 1.54) is 18.2 Å². The lowest BCUT2D eigenvalue weighted by molar-refractivity contribution is -0.383. The molecule has 0 saturated carbocycles. The number of alkyl halides is 2. The Morgan fingerprint density at radius 3 is 2.79 bits per heavy atom. The maximum Gasteiger partial charge on any atom is 0.586 e. The van der Waals surface area contributed by atoms with Crippen LogP contribution in [0.3, 0.4) is 0 Å².